The second-order valence-electron chi connectivity index (χ2n) is 8.39. The van der Waals surface area contributed by atoms with Crippen molar-refractivity contribution >= 4 is 11.7 Å². The zero-order chi connectivity index (χ0) is 23.5. The molecule has 2 heterocycles. The van der Waals surface area contributed by atoms with Crippen LogP contribution in [0.2, 0.25) is 0 Å². The summed E-state index contributed by atoms with van der Waals surface area (Å²) >= 11 is 0. The van der Waals surface area contributed by atoms with Crippen LogP contribution in [0.15, 0.2) is 54.7 Å². The van der Waals surface area contributed by atoms with E-state index in [4.69, 9.17) is 10.5 Å². The van der Waals surface area contributed by atoms with Crippen LogP contribution in [0.25, 0.3) is 11.1 Å². The maximum atomic E-state index is 13.9. The van der Waals surface area contributed by atoms with Gasteiger partial charge in [-0.2, -0.15) is 0 Å². The van der Waals surface area contributed by atoms with E-state index in [-0.39, 0.29) is 41.7 Å². The molecular formula is C25H26F2N4O2. The van der Waals surface area contributed by atoms with Crippen LogP contribution in [0.5, 0.6) is 5.75 Å². The molecule has 0 saturated carbocycles. The summed E-state index contributed by atoms with van der Waals surface area (Å²) in [6.45, 7) is 5.28. The number of benzene rings is 2. The summed E-state index contributed by atoms with van der Waals surface area (Å²) in [5.74, 6) is -0.704. The minimum absolute atomic E-state index is 0.00155. The van der Waals surface area contributed by atoms with E-state index in [1.807, 2.05) is 17.0 Å². The van der Waals surface area contributed by atoms with Crippen molar-refractivity contribution in [3.8, 4) is 16.9 Å². The number of halogens is 2. The summed E-state index contributed by atoms with van der Waals surface area (Å²) in [7, 11) is 0. The molecule has 2 atom stereocenters. The number of hydrogen-bond acceptors (Lipinski definition) is 5. The number of pyridine rings is 1. The fourth-order valence-electron chi connectivity index (χ4n) is 4.02. The van der Waals surface area contributed by atoms with E-state index >= 15 is 0 Å². The fraction of sp³-hybridized carbons (Fsp3) is 0.280. The van der Waals surface area contributed by atoms with E-state index in [0.717, 1.165) is 29.3 Å². The maximum Gasteiger partial charge on any atom is 0.253 e. The lowest BCUT2D eigenvalue weighted by Gasteiger charge is -2.36. The van der Waals surface area contributed by atoms with Crippen molar-refractivity contribution in [2.45, 2.75) is 32.5 Å². The van der Waals surface area contributed by atoms with Gasteiger partial charge < -0.3 is 20.7 Å². The zero-order valence-electron chi connectivity index (χ0n) is 18.5. The molecule has 1 saturated heterocycles. The monoisotopic (exact) mass is 452 g/mol. The van der Waals surface area contributed by atoms with Crippen LogP contribution in [-0.4, -0.2) is 41.0 Å². The molecule has 0 spiro atoms. The highest BCUT2D eigenvalue weighted by atomic mass is 19.1. The van der Waals surface area contributed by atoms with Crippen LogP contribution >= 0.6 is 0 Å². The number of nitrogen functional groups attached to an aromatic ring is 1. The minimum atomic E-state index is -0.562. The number of nitrogens with zero attached hydrogens (tertiary/aromatic N) is 2. The first kappa shape index (κ1) is 22.7. The first-order valence-electron chi connectivity index (χ1n) is 10.8. The van der Waals surface area contributed by atoms with Crippen molar-refractivity contribution in [2.75, 3.05) is 18.8 Å². The van der Waals surface area contributed by atoms with Gasteiger partial charge in [0.05, 0.1) is 0 Å². The predicted octanol–water partition coefficient (Wildman–Crippen LogP) is 4.01. The molecule has 4 rings (SSSR count). The Morgan fingerprint density at radius 1 is 1.09 bits per heavy atom. The molecule has 3 aromatic rings. The van der Waals surface area contributed by atoms with Gasteiger partial charge in [0, 0.05) is 48.1 Å². The first-order valence-corrected chi connectivity index (χ1v) is 10.8. The molecule has 1 fully saturated rings. The first-order chi connectivity index (χ1) is 15.8. The van der Waals surface area contributed by atoms with Gasteiger partial charge in [-0.25, -0.2) is 13.8 Å². The average molecular weight is 453 g/mol. The largest absolute Gasteiger partial charge is 0.485 e. The topological polar surface area (TPSA) is 80.5 Å². The Morgan fingerprint density at radius 2 is 1.79 bits per heavy atom. The van der Waals surface area contributed by atoms with Crippen molar-refractivity contribution in [1.29, 1.82) is 0 Å². The van der Waals surface area contributed by atoms with Crippen molar-refractivity contribution in [3.05, 3.63) is 77.5 Å². The average Bonchev–Trinajstić information content (AvgIpc) is 2.79. The molecule has 3 N–H and O–H groups in total. The molecule has 0 bridgehead atoms. The van der Waals surface area contributed by atoms with Crippen LogP contribution in [0, 0.1) is 11.6 Å². The quantitative estimate of drug-likeness (QED) is 0.612. The van der Waals surface area contributed by atoms with E-state index < -0.39 is 11.6 Å². The van der Waals surface area contributed by atoms with Gasteiger partial charge in [-0.3, -0.25) is 4.79 Å². The third-order valence-corrected chi connectivity index (χ3v) is 5.58. The number of anilines is 1. The highest BCUT2D eigenvalue weighted by Crippen LogP contribution is 2.28. The Bertz CT molecular complexity index is 1140. The van der Waals surface area contributed by atoms with Gasteiger partial charge in [-0.05, 0) is 55.8 Å². The Hall–Kier alpha value is -3.52. The summed E-state index contributed by atoms with van der Waals surface area (Å²) in [6, 6.07) is 12.6. The van der Waals surface area contributed by atoms with Crippen LogP contribution < -0.4 is 15.8 Å². The molecular weight excluding hydrogens is 426 g/mol. The number of amides is 1. The van der Waals surface area contributed by atoms with Gasteiger partial charge in [0.2, 0.25) is 0 Å². The lowest BCUT2D eigenvalue weighted by Crippen LogP contribution is -2.55. The molecule has 1 aliphatic heterocycles. The van der Waals surface area contributed by atoms with Gasteiger partial charge in [0.15, 0.2) is 11.6 Å². The van der Waals surface area contributed by atoms with Crippen molar-refractivity contribution in [3.63, 3.8) is 0 Å². The van der Waals surface area contributed by atoms with Crippen LogP contribution in [0.3, 0.4) is 0 Å². The smallest absolute Gasteiger partial charge is 0.253 e. The highest BCUT2D eigenvalue weighted by molar-refractivity contribution is 5.95. The fourth-order valence-corrected chi connectivity index (χ4v) is 4.02. The molecule has 8 heteroatoms. The molecule has 2 unspecified atom stereocenters. The number of ether oxygens (including phenoxy) is 1. The molecule has 1 aliphatic rings. The van der Waals surface area contributed by atoms with E-state index in [9.17, 15) is 13.6 Å². The number of hydrogen-bond donors (Lipinski definition) is 2. The Morgan fingerprint density at radius 3 is 2.48 bits per heavy atom. The number of aromatic nitrogens is 1. The van der Waals surface area contributed by atoms with Gasteiger partial charge in [0.25, 0.3) is 5.91 Å². The van der Waals surface area contributed by atoms with Crippen molar-refractivity contribution < 1.29 is 18.3 Å². The van der Waals surface area contributed by atoms with E-state index in [1.54, 1.807) is 24.4 Å². The van der Waals surface area contributed by atoms with Crippen molar-refractivity contribution in [2.24, 2.45) is 0 Å². The summed E-state index contributed by atoms with van der Waals surface area (Å²) in [5.41, 5.74) is 8.15. The van der Waals surface area contributed by atoms with E-state index in [2.05, 4.69) is 24.1 Å². The van der Waals surface area contributed by atoms with Crippen LogP contribution in [0.1, 0.15) is 29.8 Å². The Balaban J connectivity index is 1.49. The molecule has 33 heavy (non-hydrogen) atoms. The number of carbonyl (C=O) groups excluding carboxylic acids is 1. The molecule has 172 valence electrons. The van der Waals surface area contributed by atoms with Gasteiger partial charge in [-0.15, -0.1) is 0 Å². The van der Waals surface area contributed by atoms with E-state index in [1.165, 1.54) is 0 Å². The summed E-state index contributed by atoms with van der Waals surface area (Å²) in [4.78, 5) is 18.9. The normalized spacial score (nSPS) is 18.2. The molecule has 1 amide bonds. The number of carbonyl (C=O) groups is 1. The summed E-state index contributed by atoms with van der Waals surface area (Å²) < 4.78 is 32.9. The van der Waals surface area contributed by atoms with Crippen LogP contribution in [-0.2, 0) is 6.61 Å². The lowest BCUT2D eigenvalue weighted by molar-refractivity contribution is 0.0674. The highest BCUT2D eigenvalue weighted by Gasteiger charge is 2.25. The lowest BCUT2D eigenvalue weighted by atomic mass is 10.0. The number of piperazine rings is 1. The number of rotatable bonds is 5. The van der Waals surface area contributed by atoms with Gasteiger partial charge in [-0.1, -0.05) is 12.1 Å². The number of nitrogens with one attached hydrogen (secondary N) is 1. The second kappa shape index (κ2) is 9.54. The Kier molecular flexibility index (Phi) is 6.55. The third-order valence-electron chi connectivity index (χ3n) is 5.58. The second-order valence-corrected chi connectivity index (χ2v) is 8.39. The van der Waals surface area contributed by atoms with Crippen molar-refractivity contribution in [1.82, 2.24) is 15.2 Å². The molecule has 0 aliphatic carbocycles. The van der Waals surface area contributed by atoms with Gasteiger partial charge in [0.1, 0.15) is 18.2 Å². The predicted molar refractivity (Wildman–Crippen MR) is 123 cm³/mol. The standard InChI is InChI=1S/C25H26F2N4O2/c1-15-12-31(13-16(2)30-15)25(32)18-5-3-17(4-6-18)19-10-23(24(28)29-11-19)33-14-20-9-21(26)7-8-22(20)27/h3-11,15-16,30H,12-14H2,1-2H3,(H2,28,29). The summed E-state index contributed by atoms with van der Waals surface area (Å²) in [5, 5.41) is 3.42. The summed E-state index contributed by atoms with van der Waals surface area (Å²) in [6.07, 6.45) is 1.60. The molecule has 1 aromatic heterocycles. The van der Waals surface area contributed by atoms with E-state index in [0.29, 0.717) is 18.7 Å². The van der Waals surface area contributed by atoms with Crippen LogP contribution in [0.4, 0.5) is 14.6 Å². The third kappa shape index (κ3) is 5.28. The maximum absolute atomic E-state index is 13.9. The van der Waals surface area contributed by atoms with Gasteiger partial charge >= 0.3 is 0 Å². The molecule has 6 nitrogen and oxygen atoms in total. The number of nitrogens with two attached hydrogens (primary N) is 1. The SMILES string of the molecule is CC1CN(C(=O)c2ccc(-c3cnc(N)c(OCc4cc(F)ccc4F)c3)cc2)CC(C)N1. The zero-order valence-corrected chi connectivity index (χ0v) is 18.5. The Labute approximate surface area is 191 Å². The molecule has 2 aromatic carbocycles. The molecule has 0 radical (unpaired) electrons. The minimum Gasteiger partial charge on any atom is -0.485 e.